The van der Waals surface area contributed by atoms with E-state index < -0.39 is 0 Å². The lowest BCUT2D eigenvalue weighted by molar-refractivity contribution is -0.0291. The van der Waals surface area contributed by atoms with E-state index >= 15 is 0 Å². The van der Waals surface area contributed by atoms with Crippen LogP contribution in [0.15, 0.2) is 18.2 Å². The number of nitrogens with one attached hydrogen (secondary N) is 1. The molecule has 0 spiro atoms. The number of para-hydroxylation sites is 1. The van der Waals surface area contributed by atoms with E-state index in [2.05, 4.69) is 37.4 Å². The Morgan fingerprint density at radius 3 is 2.95 bits per heavy atom. The highest BCUT2D eigenvalue weighted by Crippen LogP contribution is 2.40. The second-order valence-corrected chi connectivity index (χ2v) is 6.19. The molecule has 1 atom stereocenters. The van der Waals surface area contributed by atoms with Gasteiger partial charge in [-0.1, -0.05) is 25.1 Å². The van der Waals surface area contributed by atoms with Crippen LogP contribution in [0.25, 0.3) is 0 Å². The third-order valence-electron chi connectivity index (χ3n) is 4.73. The van der Waals surface area contributed by atoms with Gasteiger partial charge in [0, 0.05) is 24.6 Å². The summed E-state index contributed by atoms with van der Waals surface area (Å²) in [5.74, 6) is 1.92. The standard InChI is InChI=1S/C18H27NO2/c1-3-19-17(12-13-10-15(11-13)20-4-2)16-7-5-6-14-8-9-21-18(14)16/h5-7,13,15,17,19H,3-4,8-12H2,1-2H3. The molecule has 2 aliphatic rings. The van der Waals surface area contributed by atoms with Crippen LogP contribution in [0.4, 0.5) is 0 Å². The van der Waals surface area contributed by atoms with E-state index in [0.29, 0.717) is 12.1 Å². The van der Waals surface area contributed by atoms with Crippen molar-refractivity contribution in [3.63, 3.8) is 0 Å². The molecule has 1 unspecified atom stereocenters. The monoisotopic (exact) mass is 289 g/mol. The number of benzene rings is 1. The van der Waals surface area contributed by atoms with Gasteiger partial charge in [-0.15, -0.1) is 0 Å². The summed E-state index contributed by atoms with van der Waals surface area (Å²) in [5, 5.41) is 3.65. The lowest BCUT2D eigenvalue weighted by Crippen LogP contribution is -2.34. The van der Waals surface area contributed by atoms with Crippen LogP contribution in [0.5, 0.6) is 5.75 Å². The van der Waals surface area contributed by atoms with Gasteiger partial charge >= 0.3 is 0 Å². The summed E-state index contributed by atoms with van der Waals surface area (Å²) >= 11 is 0. The molecule has 1 heterocycles. The Hall–Kier alpha value is -1.06. The molecule has 1 aliphatic carbocycles. The molecule has 0 radical (unpaired) electrons. The molecule has 1 aromatic carbocycles. The fraction of sp³-hybridized carbons (Fsp3) is 0.667. The van der Waals surface area contributed by atoms with Crippen molar-refractivity contribution in [2.24, 2.45) is 5.92 Å². The zero-order valence-electron chi connectivity index (χ0n) is 13.2. The smallest absolute Gasteiger partial charge is 0.127 e. The molecule has 0 bridgehead atoms. The highest BCUT2D eigenvalue weighted by atomic mass is 16.5. The number of hydrogen-bond donors (Lipinski definition) is 1. The van der Waals surface area contributed by atoms with Crippen molar-refractivity contribution in [3.8, 4) is 5.75 Å². The van der Waals surface area contributed by atoms with Gasteiger partial charge in [-0.3, -0.25) is 0 Å². The Balaban J connectivity index is 1.67. The van der Waals surface area contributed by atoms with E-state index in [0.717, 1.165) is 37.8 Å². The lowest BCUT2D eigenvalue weighted by atomic mass is 9.77. The van der Waals surface area contributed by atoms with E-state index in [-0.39, 0.29) is 0 Å². The van der Waals surface area contributed by atoms with Gasteiger partial charge < -0.3 is 14.8 Å². The summed E-state index contributed by atoms with van der Waals surface area (Å²) in [6.07, 6.45) is 5.17. The van der Waals surface area contributed by atoms with E-state index in [1.54, 1.807) is 0 Å². The Morgan fingerprint density at radius 2 is 2.19 bits per heavy atom. The number of rotatable bonds is 7. The van der Waals surface area contributed by atoms with Crippen molar-refractivity contribution in [2.75, 3.05) is 19.8 Å². The fourth-order valence-electron chi connectivity index (χ4n) is 3.65. The van der Waals surface area contributed by atoms with Crippen molar-refractivity contribution in [1.29, 1.82) is 0 Å². The zero-order valence-corrected chi connectivity index (χ0v) is 13.2. The van der Waals surface area contributed by atoms with Crippen molar-refractivity contribution in [1.82, 2.24) is 5.32 Å². The molecule has 116 valence electrons. The molecular formula is C18H27NO2. The molecule has 1 aliphatic heterocycles. The second-order valence-electron chi connectivity index (χ2n) is 6.19. The van der Waals surface area contributed by atoms with Gasteiger partial charge in [0.1, 0.15) is 5.75 Å². The van der Waals surface area contributed by atoms with Crippen molar-refractivity contribution >= 4 is 0 Å². The first kappa shape index (κ1) is 14.9. The van der Waals surface area contributed by atoms with E-state index in [9.17, 15) is 0 Å². The van der Waals surface area contributed by atoms with Gasteiger partial charge in [-0.2, -0.15) is 0 Å². The Morgan fingerprint density at radius 1 is 1.33 bits per heavy atom. The molecule has 1 fully saturated rings. The van der Waals surface area contributed by atoms with Crippen LogP contribution in [-0.4, -0.2) is 25.9 Å². The van der Waals surface area contributed by atoms with Gasteiger partial charge in [0.15, 0.2) is 0 Å². The molecule has 1 N–H and O–H groups in total. The van der Waals surface area contributed by atoms with E-state index in [4.69, 9.17) is 9.47 Å². The summed E-state index contributed by atoms with van der Waals surface area (Å²) in [6.45, 7) is 6.94. The minimum atomic E-state index is 0.413. The van der Waals surface area contributed by atoms with Crippen LogP contribution >= 0.6 is 0 Å². The molecule has 3 rings (SSSR count). The number of fused-ring (bicyclic) bond motifs is 1. The second kappa shape index (κ2) is 6.80. The lowest BCUT2D eigenvalue weighted by Gasteiger charge is -2.37. The summed E-state index contributed by atoms with van der Waals surface area (Å²) in [5.41, 5.74) is 2.72. The van der Waals surface area contributed by atoms with Gasteiger partial charge in [0.05, 0.1) is 12.7 Å². The molecule has 3 heteroatoms. The third-order valence-corrected chi connectivity index (χ3v) is 4.73. The van der Waals surface area contributed by atoms with Gasteiger partial charge in [0.2, 0.25) is 0 Å². The molecular weight excluding hydrogens is 262 g/mol. The Labute approximate surface area is 128 Å². The Bertz CT molecular complexity index is 468. The number of ether oxygens (including phenoxy) is 2. The molecule has 3 nitrogen and oxygen atoms in total. The predicted molar refractivity (Wildman–Crippen MR) is 84.8 cm³/mol. The molecule has 0 aromatic heterocycles. The van der Waals surface area contributed by atoms with Crippen LogP contribution in [-0.2, 0) is 11.2 Å². The van der Waals surface area contributed by atoms with Gasteiger partial charge in [-0.25, -0.2) is 0 Å². The van der Waals surface area contributed by atoms with Crippen LogP contribution in [0.3, 0.4) is 0 Å². The fourth-order valence-corrected chi connectivity index (χ4v) is 3.65. The minimum absolute atomic E-state index is 0.413. The maximum Gasteiger partial charge on any atom is 0.127 e. The maximum absolute atomic E-state index is 5.89. The normalized spacial score (nSPS) is 25.0. The van der Waals surface area contributed by atoms with Crippen LogP contribution in [0.1, 0.15) is 50.3 Å². The van der Waals surface area contributed by atoms with E-state index in [1.165, 1.54) is 30.4 Å². The first-order chi connectivity index (χ1) is 10.3. The van der Waals surface area contributed by atoms with Crippen LogP contribution in [0.2, 0.25) is 0 Å². The van der Waals surface area contributed by atoms with Crippen molar-refractivity contribution < 1.29 is 9.47 Å². The minimum Gasteiger partial charge on any atom is -0.493 e. The van der Waals surface area contributed by atoms with E-state index in [1.807, 2.05) is 0 Å². The summed E-state index contributed by atoms with van der Waals surface area (Å²) in [4.78, 5) is 0. The molecule has 1 saturated carbocycles. The zero-order chi connectivity index (χ0) is 14.7. The quantitative estimate of drug-likeness (QED) is 0.833. The molecule has 21 heavy (non-hydrogen) atoms. The first-order valence-corrected chi connectivity index (χ1v) is 8.41. The van der Waals surface area contributed by atoms with Crippen molar-refractivity contribution in [2.45, 2.75) is 51.7 Å². The molecule has 0 saturated heterocycles. The van der Waals surface area contributed by atoms with Crippen molar-refractivity contribution in [3.05, 3.63) is 29.3 Å². The average Bonchev–Trinajstić information content (AvgIpc) is 2.92. The Kier molecular flexibility index (Phi) is 4.81. The summed E-state index contributed by atoms with van der Waals surface area (Å²) in [7, 11) is 0. The number of hydrogen-bond acceptors (Lipinski definition) is 3. The highest BCUT2D eigenvalue weighted by Gasteiger charge is 2.33. The first-order valence-electron chi connectivity index (χ1n) is 8.41. The molecule has 1 aromatic rings. The molecule has 0 amide bonds. The highest BCUT2D eigenvalue weighted by molar-refractivity contribution is 5.45. The summed E-state index contributed by atoms with van der Waals surface area (Å²) < 4.78 is 11.6. The third kappa shape index (κ3) is 3.24. The largest absolute Gasteiger partial charge is 0.493 e. The SMILES string of the molecule is CCNC(CC1CC(OCC)C1)c1cccc2c1OCC2. The van der Waals surface area contributed by atoms with Gasteiger partial charge in [0.25, 0.3) is 0 Å². The maximum atomic E-state index is 5.89. The van der Waals surface area contributed by atoms with Crippen LogP contribution in [0, 0.1) is 5.92 Å². The topological polar surface area (TPSA) is 30.5 Å². The van der Waals surface area contributed by atoms with Crippen LogP contribution < -0.4 is 10.1 Å². The predicted octanol–water partition coefficient (Wildman–Crippen LogP) is 3.48. The summed E-state index contributed by atoms with van der Waals surface area (Å²) in [6, 6.07) is 7.02. The average molecular weight is 289 g/mol. The van der Waals surface area contributed by atoms with Gasteiger partial charge in [-0.05, 0) is 44.2 Å².